The van der Waals surface area contributed by atoms with Gasteiger partial charge < -0.3 is 13.8 Å². The van der Waals surface area contributed by atoms with Crippen LogP contribution in [-0.2, 0) is 0 Å². The predicted octanol–water partition coefficient (Wildman–Crippen LogP) is 4.74. The SMILES string of the molecule is CC1CCN(c2ccc(-c3noc(/C=C/c4ccco4)n3)cc2)CC1. The molecule has 4 rings (SSSR count). The Morgan fingerprint density at radius 3 is 2.60 bits per heavy atom. The van der Waals surface area contributed by atoms with E-state index in [1.165, 1.54) is 18.5 Å². The van der Waals surface area contributed by atoms with E-state index in [-0.39, 0.29) is 0 Å². The zero-order valence-electron chi connectivity index (χ0n) is 14.3. The number of benzene rings is 1. The van der Waals surface area contributed by atoms with E-state index in [4.69, 9.17) is 8.94 Å². The third-order valence-electron chi connectivity index (χ3n) is 4.65. The second-order valence-electron chi connectivity index (χ2n) is 6.52. The highest BCUT2D eigenvalue weighted by molar-refractivity contribution is 5.65. The molecule has 1 aromatic carbocycles. The lowest BCUT2D eigenvalue weighted by Gasteiger charge is -2.32. The summed E-state index contributed by atoms with van der Waals surface area (Å²) in [5.74, 6) is 2.64. The van der Waals surface area contributed by atoms with Gasteiger partial charge >= 0.3 is 0 Å². The fraction of sp³-hybridized carbons (Fsp3) is 0.300. The molecule has 2 aromatic heterocycles. The minimum absolute atomic E-state index is 0.459. The molecule has 0 unspecified atom stereocenters. The van der Waals surface area contributed by atoms with E-state index in [1.54, 1.807) is 18.4 Å². The van der Waals surface area contributed by atoms with Gasteiger partial charge in [-0.15, -0.1) is 0 Å². The number of anilines is 1. The molecule has 0 N–H and O–H groups in total. The Morgan fingerprint density at radius 1 is 1.08 bits per heavy atom. The molecule has 3 heterocycles. The summed E-state index contributed by atoms with van der Waals surface area (Å²) < 4.78 is 10.5. The van der Waals surface area contributed by atoms with Gasteiger partial charge in [0.25, 0.3) is 5.89 Å². The first-order chi connectivity index (χ1) is 12.3. The Kier molecular flexibility index (Phi) is 4.37. The molecule has 1 aliphatic heterocycles. The summed E-state index contributed by atoms with van der Waals surface area (Å²) in [6.07, 6.45) is 7.70. The standard InChI is InChI=1S/C20H21N3O2/c1-15-10-12-23(13-11-15)17-6-4-16(5-7-17)20-21-19(25-22-20)9-8-18-3-2-14-24-18/h2-9,14-15H,10-13H2,1H3/b9-8+. The molecule has 0 bridgehead atoms. The van der Waals surface area contributed by atoms with Gasteiger partial charge in [-0.1, -0.05) is 12.1 Å². The summed E-state index contributed by atoms with van der Waals surface area (Å²) in [5.41, 5.74) is 2.22. The van der Waals surface area contributed by atoms with Gasteiger partial charge in [0.05, 0.1) is 6.26 Å². The minimum Gasteiger partial charge on any atom is -0.465 e. The van der Waals surface area contributed by atoms with Crippen LogP contribution >= 0.6 is 0 Å². The minimum atomic E-state index is 0.459. The highest BCUT2D eigenvalue weighted by atomic mass is 16.5. The molecule has 25 heavy (non-hydrogen) atoms. The van der Waals surface area contributed by atoms with E-state index >= 15 is 0 Å². The van der Waals surface area contributed by atoms with Crippen LogP contribution in [0.2, 0.25) is 0 Å². The van der Waals surface area contributed by atoms with Gasteiger partial charge in [-0.2, -0.15) is 4.98 Å². The number of hydrogen-bond donors (Lipinski definition) is 0. The summed E-state index contributed by atoms with van der Waals surface area (Å²) in [6.45, 7) is 4.59. The van der Waals surface area contributed by atoms with E-state index < -0.39 is 0 Å². The highest BCUT2D eigenvalue weighted by Crippen LogP contribution is 2.25. The molecule has 128 valence electrons. The van der Waals surface area contributed by atoms with Crippen LogP contribution in [-0.4, -0.2) is 23.2 Å². The van der Waals surface area contributed by atoms with Crippen LogP contribution in [0.15, 0.2) is 51.6 Å². The molecule has 5 nitrogen and oxygen atoms in total. The summed E-state index contributed by atoms with van der Waals surface area (Å²) in [6, 6.07) is 12.1. The van der Waals surface area contributed by atoms with E-state index in [0.29, 0.717) is 11.7 Å². The molecule has 0 radical (unpaired) electrons. The van der Waals surface area contributed by atoms with Crippen LogP contribution < -0.4 is 4.90 Å². The predicted molar refractivity (Wildman–Crippen MR) is 98.0 cm³/mol. The molecule has 1 saturated heterocycles. The maximum absolute atomic E-state index is 5.28. The highest BCUT2D eigenvalue weighted by Gasteiger charge is 2.16. The van der Waals surface area contributed by atoms with E-state index in [1.807, 2.05) is 12.1 Å². The second-order valence-corrected chi connectivity index (χ2v) is 6.52. The molecule has 5 heteroatoms. The quantitative estimate of drug-likeness (QED) is 0.689. The zero-order valence-corrected chi connectivity index (χ0v) is 14.3. The number of piperidine rings is 1. The van der Waals surface area contributed by atoms with Crippen molar-refractivity contribution < 1.29 is 8.94 Å². The fourth-order valence-corrected chi connectivity index (χ4v) is 3.05. The van der Waals surface area contributed by atoms with Crippen LogP contribution in [0.5, 0.6) is 0 Å². The molecule has 1 fully saturated rings. The Balaban J connectivity index is 1.45. The van der Waals surface area contributed by atoms with Crippen LogP contribution in [0.3, 0.4) is 0 Å². The lowest BCUT2D eigenvalue weighted by atomic mass is 9.98. The monoisotopic (exact) mass is 335 g/mol. The Morgan fingerprint density at radius 2 is 1.88 bits per heavy atom. The molecule has 0 aliphatic carbocycles. The van der Waals surface area contributed by atoms with E-state index in [0.717, 1.165) is 30.3 Å². The number of furan rings is 1. The van der Waals surface area contributed by atoms with E-state index in [2.05, 4.69) is 46.2 Å². The van der Waals surface area contributed by atoms with Crippen LogP contribution in [0.4, 0.5) is 5.69 Å². The topological polar surface area (TPSA) is 55.3 Å². The first kappa shape index (κ1) is 15.7. The fourth-order valence-electron chi connectivity index (χ4n) is 3.05. The third kappa shape index (κ3) is 3.65. The van der Waals surface area contributed by atoms with Crippen molar-refractivity contribution in [3.05, 3.63) is 54.3 Å². The number of nitrogens with zero attached hydrogens (tertiary/aromatic N) is 3. The zero-order chi connectivity index (χ0) is 17.1. The average Bonchev–Trinajstić information content (AvgIpc) is 3.33. The second kappa shape index (κ2) is 6.97. The largest absolute Gasteiger partial charge is 0.465 e. The smallest absolute Gasteiger partial charge is 0.251 e. The van der Waals surface area contributed by atoms with Gasteiger partial charge in [0.2, 0.25) is 5.82 Å². The first-order valence-electron chi connectivity index (χ1n) is 8.68. The molecular weight excluding hydrogens is 314 g/mol. The average molecular weight is 335 g/mol. The van der Waals surface area contributed by atoms with Crippen LogP contribution in [0, 0.1) is 5.92 Å². The van der Waals surface area contributed by atoms with Crippen LogP contribution in [0.1, 0.15) is 31.4 Å². The number of aromatic nitrogens is 2. The Bertz CT molecular complexity index is 826. The lowest BCUT2D eigenvalue weighted by Crippen LogP contribution is -2.32. The molecule has 0 spiro atoms. The van der Waals surface area contributed by atoms with Gasteiger partial charge in [-0.05, 0) is 61.2 Å². The van der Waals surface area contributed by atoms with Crippen molar-refractivity contribution in [1.82, 2.24) is 10.1 Å². The van der Waals surface area contributed by atoms with Crippen molar-refractivity contribution >= 4 is 17.8 Å². The van der Waals surface area contributed by atoms with Crippen molar-refractivity contribution in [1.29, 1.82) is 0 Å². The molecule has 0 amide bonds. The molecule has 0 saturated carbocycles. The first-order valence-corrected chi connectivity index (χ1v) is 8.68. The van der Waals surface area contributed by atoms with Crippen molar-refractivity contribution in [2.45, 2.75) is 19.8 Å². The number of hydrogen-bond acceptors (Lipinski definition) is 5. The summed E-state index contributed by atoms with van der Waals surface area (Å²) in [7, 11) is 0. The maximum Gasteiger partial charge on any atom is 0.251 e. The van der Waals surface area contributed by atoms with Gasteiger partial charge in [-0.25, -0.2) is 0 Å². The number of rotatable bonds is 4. The molecular formula is C20H21N3O2. The van der Waals surface area contributed by atoms with Gasteiger partial charge in [0.15, 0.2) is 0 Å². The van der Waals surface area contributed by atoms with Crippen molar-refractivity contribution in [3.63, 3.8) is 0 Å². The maximum atomic E-state index is 5.28. The van der Waals surface area contributed by atoms with Crippen molar-refractivity contribution in [2.24, 2.45) is 5.92 Å². The normalized spacial score (nSPS) is 16.0. The lowest BCUT2D eigenvalue weighted by molar-refractivity contribution is 0.411. The summed E-state index contributed by atoms with van der Waals surface area (Å²) in [5, 5.41) is 4.06. The molecule has 1 aliphatic rings. The molecule has 3 aromatic rings. The van der Waals surface area contributed by atoms with Gasteiger partial charge in [-0.3, -0.25) is 0 Å². The summed E-state index contributed by atoms with van der Waals surface area (Å²) >= 11 is 0. The van der Waals surface area contributed by atoms with Gasteiger partial charge in [0, 0.05) is 30.4 Å². The third-order valence-corrected chi connectivity index (χ3v) is 4.65. The van der Waals surface area contributed by atoms with Crippen molar-refractivity contribution in [2.75, 3.05) is 18.0 Å². The molecule has 0 atom stereocenters. The van der Waals surface area contributed by atoms with Gasteiger partial charge in [0.1, 0.15) is 5.76 Å². The Labute approximate surface area is 147 Å². The van der Waals surface area contributed by atoms with E-state index in [9.17, 15) is 0 Å². The Hall–Kier alpha value is -2.82. The van der Waals surface area contributed by atoms with Crippen LogP contribution in [0.25, 0.3) is 23.5 Å². The summed E-state index contributed by atoms with van der Waals surface area (Å²) in [4.78, 5) is 6.85. The van der Waals surface area contributed by atoms with Crippen molar-refractivity contribution in [3.8, 4) is 11.4 Å².